The Balaban J connectivity index is 1.54. The van der Waals surface area contributed by atoms with E-state index in [1.54, 1.807) is 27.7 Å². The molecule has 1 fully saturated rings. The summed E-state index contributed by atoms with van der Waals surface area (Å²) in [6.45, 7) is 6.71. The SMILES string of the molecule is Cc1c(-c2cc3cc(NC(=O)O[C@H]4C[C@@H](S(C)(=O)=O)C4)ncc3c(NC(=O)OC(C)(C)C)c2F)cnc2c1N(C(=O)O)CCO2. The zero-order valence-electron chi connectivity index (χ0n) is 25.1. The Morgan fingerprint density at radius 2 is 1.80 bits per heavy atom. The van der Waals surface area contributed by atoms with Gasteiger partial charge in [0.05, 0.1) is 17.5 Å². The number of fused-ring (bicyclic) bond motifs is 2. The number of hydrogen-bond donors (Lipinski definition) is 3. The summed E-state index contributed by atoms with van der Waals surface area (Å²) in [5, 5.41) is 14.7. The summed E-state index contributed by atoms with van der Waals surface area (Å²) in [5.41, 5.74) is -0.409. The largest absolute Gasteiger partial charge is 0.474 e. The lowest BCUT2D eigenvalue weighted by Gasteiger charge is -2.32. The van der Waals surface area contributed by atoms with Gasteiger partial charge in [-0.15, -0.1) is 0 Å². The lowest BCUT2D eigenvalue weighted by Crippen LogP contribution is -2.42. The zero-order chi connectivity index (χ0) is 32.8. The van der Waals surface area contributed by atoms with Crippen molar-refractivity contribution in [2.24, 2.45) is 0 Å². The smallest absolute Gasteiger partial charge is 0.413 e. The summed E-state index contributed by atoms with van der Waals surface area (Å²) < 4.78 is 55.8. The quantitative estimate of drug-likeness (QED) is 0.335. The van der Waals surface area contributed by atoms with Crippen LogP contribution in [-0.4, -0.2) is 78.1 Å². The Morgan fingerprint density at radius 1 is 1.09 bits per heavy atom. The summed E-state index contributed by atoms with van der Waals surface area (Å²) in [7, 11) is -3.22. The van der Waals surface area contributed by atoms with Gasteiger partial charge >= 0.3 is 18.3 Å². The van der Waals surface area contributed by atoms with E-state index in [2.05, 4.69) is 20.6 Å². The number of carbonyl (C=O) groups is 3. The lowest BCUT2D eigenvalue weighted by atomic mass is 9.95. The number of nitrogens with zero attached hydrogens (tertiary/aromatic N) is 3. The minimum Gasteiger partial charge on any atom is -0.474 e. The predicted molar refractivity (Wildman–Crippen MR) is 162 cm³/mol. The molecule has 3 N–H and O–H groups in total. The van der Waals surface area contributed by atoms with Crippen molar-refractivity contribution in [2.45, 2.75) is 57.5 Å². The molecule has 45 heavy (non-hydrogen) atoms. The van der Waals surface area contributed by atoms with E-state index in [1.807, 2.05) is 0 Å². The number of carboxylic acid groups (broad SMARTS) is 1. The average molecular weight is 646 g/mol. The van der Waals surface area contributed by atoms with Crippen LogP contribution < -0.4 is 20.3 Å². The maximum atomic E-state index is 16.3. The van der Waals surface area contributed by atoms with Gasteiger partial charge in [-0.05, 0) is 50.8 Å². The Morgan fingerprint density at radius 3 is 2.44 bits per heavy atom. The molecule has 0 bridgehead atoms. The molecule has 2 aliphatic rings. The third-order valence-electron chi connectivity index (χ3n) is 7.37. The number of pyridine rings is 2. The molecule has 2 aromatic heterocycles. The van der Waals surface area contributed by atoms with Crippen molar-refractivity contribution in [1.82, 2.24) is 9.97 Å². The number of hydrogen-bond acceptors (Lipinski definition) is 10. The molecule has 0 radical (unpaired) electrons. The molecule has 3 aromatic rings. The molecule has 1 aliphatic carbocycles. The van der Waals surface area contributed by atoms with Crippen LogP contribution in [0, 0.1) is 12.7 Å². The Hall–Kier alpha value is -4.73. The van der Waals surface area contributed by atoms with Crippen LogP contribution >= 0.6 is 0 Å². The summed E-state index contributed by atoms with van der Waals surface area (Å²) in [5.74, 6) is -0.733. The molecule has 0 unspecified atom stereocenters. The fourth-order valence-electron chi connectivity index (χ4n) is 5.11. The van der Waals surface area contributed by atoms with Crippen molar-refractivity contribution in [3.63, 3.8) is 0 Å². The van der Waals surface area contributed by atoms with Crippen LogP contribution in [0.5, 0.6) is 5.88 Å². The molecule has 5 rings (SSSR count). The molecule has 1 aliphatic heterocycles. The predicted octanol–water partition coefficient (Wildman–Crippen LogP) is 5.09. The molecule has 0 atom stereocenters. The van der Waals surface area contributed by atoms with E-state index in [9.17, 15) is 27.9 Å². The standard InChI is InChI=1S/C29H32FN5O9S/c1-14-19(12-32-25-24(14)35(28(38)39)6-7-42-25)18-8-15-9-21(33-26(36)43-16-10-17(11-16)45(5,40)41)31-13-20(15)23(22(18)30)34-27(37)44-29(2,3)4/h8-9,12-13,16-17H,6-7,10-11H2,1-5H3,(H,34,37)(H,38,39)(H,31,33,36)/t16-,17+. The molecule has 16 heteroatoms. The van der Waals surface area contributed by atoms with E-state index >= 15 is 4.39 Å². The fourth-order valence-corrected chi connectivity index (χ4v) is 6.24. The molecular weight excluding hydrogens is 613 g/mol. The average Bonchev–Trinajstić information content (AvgIpc) is 2.90. The number of rotatable bonds is 5. The molecule has 0 spiro atoms. The van der Waals surface area contributed by atoms with Gasteiger partial charge in [0.15, 0.2) is 15.7 Å². The highest BCUT2D eigenvalue weighted by Crippen LogP contribution is 2.42. The second kappa shape index (κ2) is 11.6. The first-order valence-electron chi connectivity index (χ1n) is 13.9. The third-order valence-corrected chi connectivity index (χ3v) is 8.96. The van der Waals surface area contributed by atoms with Crippen molar-refractivity contribution in [3.8, 4) is 17.0 Å². The second-order valence-electron chi connectivity index (χ2n) is 11.8. The summed E-state index contributed by atoms with van der Waals surface area (Å²) >= 11 is 0. The van der Waals surface area contributed by atoms with Crippen LogP contribution in [0.25, 0.3) is 21.9 Å². The first-order valence-corrected chi connectivity index (χ1v) is 15.9. The van der Waals surface area contributed by atoms with Gasteiger partial charge in [0.2, 0.25) is 5.88 Å². The number of sulfone groups is 1. The van der Waals surface area contributed by atoms with Gasteiger partial charge in [0.25, 0.3) is 0 Å². The van der Waals surface area contributed by atoms with Gasteiger partial charge in [-0.2, -0.15) is 0 Å². The maximum absolute atomic E-state index is 16.3. The van der Waals surface area contributed by atoms with Crippen molar-refractivity contribution in [3.05, 3.63) is 35.9 Å². The monoisotopic (exact) mass is 645 g/mol. The molecule has 1 saturated carbocycles. The van der Waals surface area contributed by atoms with E-state index in [4.69, 9.17) is 14.2 Å². The summed E-state index contributed by atoms with van der Waals surface area (Å²) in [6.07, 6.45) is 0.553. The highest BCUT2D eigenvalue weighted by molar-refractivity contribution is 7.91. The van der Waals surface area contributed by atoms with E-state index in [0.717, 1.165) is 11.2 Å². The van der Waals surface area contributed by atoms with Gasteiger partial charge in [-0.3, -0.25) is 15.5 Å². The van der Waals surface area contributed by atoms with Gasteiger partial charge in [0.1, 0.15) is 29.8 Å². The van der Waals surface area contributed by atoms with Crippen LogP contribution in [0.15, 0.2) is 24.5 Å². The van der Waals surface area contributed by atoms with Crippen LogP contribution in [0.2, 0.25) is 0 Å². The molecule has 240 valence electrons. The number of benzene rings is 1. The number of aromatic nitrogens is 2. The molecule has 0 saturated heterocycles. The minimum atomic E-state index is -3.22. The van der Waals surface area contributed by atoms with Gasteiger partial charge in [0, 0.05) is 48.0 Å². The first kappa shape index (κ1) is 31.7. The van der Waals surface area contributed by atoms with Gasteiger partial charge in [-0.25, -0.2) is 37.2 Å². The Bertz CT molecular complexity index is 1820. The highest BCUT2D eigenvalue weighted by atomic mass is 32.2. The lowest BCUT2D eigenvalue weighted by molar-refractivity contribution is 0.0631. The van der Waals surface area contributed by atoms with Gasteiger partial charge < -0.3 is 19.3 Å². The van der Waals surface area contributed by atoms with Crippen LogP contribution in [-0.2, 0) is 19.3 Å². The van der Waals surface area contributed by atoms with Crippen molar-refractivity contribution < 1.29 is 46.5 Å². The molecular formula is C29H32FN5O9S. The maximum Gasteiger partial charge on any atom is 0.413 e. The topological polar surface area (TPSA) is 186 Å². The number of nitrogens with one attached hydrogen (secondary N) is 2. The number of ether oxygens (including phenoxy) is 3. The molecule has 14 nitrogen and oxygen atoms in total. The number of anilines is 3. The van der Waals surface area contributed by atoms with E-state index in [0.29, 0.717) is 10.9 Å². The van der Waals surface area contributed by atoms with E-state index in [1.165, 1.54) is 24.5 Å². The van der Waals surface area contributed by atoms with Crippen LogP contribution in [0.3, 0.4) is 0 Å². The van der Waals surface area contributed by atoms with Crippen molar-refractivity contribution in [2.75, 3.05) is 34.9 Å². The summed E-state index contributed by atoms with van der Waals surface area (Å²) in [6, 6.07) is 2.89. The Kier molecular flexibility index (Phi) is 8.20. The normalized spacial score (nSPS) is 17.9. The van der Waals surface area contributed by atoms with Gasteiger partial charge in [-0.1, -0.05) is 0 Å². The summed E-state index contributed by atoms with van der Waals surface area (Å²) in [4.78, 5) is 46.7. The highest BCUT2D eigenvalue weighted by Gasteiger charge is 2.38. The second-order valence-corrected chi connectivity index (χ2v) is 14.2. The number of halogens is 1. The fraction of sp³-hybridized carbons (Fsp3) is 0.414. The molecule has 3 heterocycles. The molecule has 3 amide bonds. The van der Waals surface area contributed by atoms with Crippen LogP contribution in [0.1, 0.15) is 39.2 Å². The third kappa shape index (κ3) is 6.69. The number of amides is 3. The van der Waals surface area contributed by atoms with E-state index < -0.39 is 50.9 Å². The van der Waals surface area contributed by atoms with E-state index in [-0.39, 0.29) is 65.6 Å². The van der Waals surface area contributed by atoms with Crippen molar-refractivity contribution in [1.29, 1.82) is 0 Å². The molecule has 1 aromatic carbocycles. The Labute approximate surface area is 257 Å². The van der Waals surface area contributed by atoms with Crippen molar-refractivity contribution >= 4 is 56.1 Å². The van der Waals surface area contributed by atoms with Crippen LogP contribution in [0.4, 0.5) is 36.0 Å². The number of carbonyl (C=O) groups excluding carboxylic acids is 2. The minimum absolute atomic E-state index is 0.0294. The zero-order valence-corrected chi connectivity index (χ0v) is 26.0. The first-order chi connectivity index (χ1) is 21.0.